The van der Waals surface area contributed by atoms with Crippen LogP contribution in [0.25, 0.3) is 0 Å². The Hall–Kier alpha value is -1.65. The van der Waals surface area contributed by atoms with Crippen molar-refractivity contribution < 1.29 is 9.59 Å². The Morgan fingerprint density at radius 2 is 1.53 bits per heavy atom. The zero-order valence-electron chi connectivity index (χ0n) is 9.56. The molecule has 0 aliphatic carbocycles. The van der Waals surface area contributed by atoms with Gasteiger partial charge in [-0.15, -0.1) is 0 Å². The maximum absolute atomic E-state index is 12.3. The van der Waals surface area contributed by atoms with E-state index in [2.05, 4.69) is 15.9 Å². The molecular weight excluding hydrogens is 330 g/mol. The Balaban J connectivity index is 2.11. The first-order valence-electron chi connectivity index (χ1n) is 5.52. The number of halogens is 2. The average molecular weight is 337 g/mol. The quantitative estimate of drug-likeness (QED) is 0.741. The number of imide groups is 1. The molecule has 2 aromatic carbocycles. The SMILES string of the molecule is O=C1c2ccccc2C(=O)N1c1ccc(Cl)c(Br)c1. The van der Waals surface area contributed by atoms with Gasteiger partial charge in [-0.3, -0.25) is 9.59 Å². The molecule has 0 spiro atoms. The molecule has 0 bridgehead atoms. The summed E-state index contributed by atoms with van der Waals surface area (Å²) in [6, 6.07) is 11.7. The topological polar surface area (TPSA) is 37.4 Å². The van der Waals surface area contributed by atoms with E-state index in [1.165, 1.54) is 0 Å². The lowest BCUT2D eigenvalue weighted by atomic mass is 10.1. The van der Waals surface area contributed by atoms with Gasteiger partial charge in [0.05, 0.1) is 21.8 Å². The van der Waals surface area contributed by atoms with E-state index in [0.29, 0.717) is 26.3 Å². The van der Waals surface area contributed by atoms with Crippen molar-refractivity contribution >= 4 is 45.0 Å². The van der Waals surface area contributed by atoms with Gasteiger partial charge >= 0.3 is 0 Å². The fourth-order valence-electron chi connectivity index (χ4n) is 2.05. The molecule has 1 heterocycles. The maximum Gasteiger partial charge on any atom is 0.266 e. The largest absolute Gasteiger partial charge is 0.268 e. The van der Waals surface area contributed by atoms with Crippen LogP contribution < -0.4 is 4.90 Å². The van der Waals surface area contributed by atoms with Crippen LogP contribution in [0.1, 0.15) is 20.7 Å². The van der Waals surface area contributed by atoms with E-state index in [0.717, 1.165) is 4.90 Å². The first-order chi connectivity index (χ1) is 9.09. The first-order valence-corrected chi connectivity index (χ1v) is 6.69. The first kappa shape index (κ1) is 12.4. The monoisotopic (exact) mass is 335 g/mol. The summed E-state index contributed by atoms with van der Waals surface area (Å²) in [6.07, 6.45) is 0. The lowest BCUT2D eigenvalue weighted by Gasteiger charge is -2.14. The number of amides is 2. The Kier molecular flexibility index (Phi) is 2.92. The lowest BCUT2D eigenvalue weighted by Crippen LogP contribution is -2.29. The molecule has 0 fully saturated rings. The zero-order chi connectivity index (χ0) is 13.6. The van der Waals surface area contributed by atoms with Gasteiger partial charge in [0.2, 0.25) is 0 Å². The average Bonchev–Trinajstić information content (AvgIpc) is 2.66. The van der Waals surface area contributed by atoms with Crippen molar-refractivity contribution in [3.05, 3.63) is 63.1 Å². The molecule has 19 heavy (non-hydrogen) atoms. The summed E-state index contributed by atoms with van der Waals surface area (Å²) in [6.45, 7) is 0. The molecule has 0 atom stereocenters. The highest BCUT2D eigenvalue weighted by Gasteiger charge is 2.36. The van der Waals surface area contributed by atoms with Gasteiger partial charge in [0.1, 0.15) is 0 Å². The minimum Gasteiger partial charge on any atom is -0.268 e. The molecule has 0 saturated heterocycles. The van der Waals surface area contributed by atoms with Crippen LogP contribution >= 0.6 is 27.5 Å². The molecule has 2 aromatic rings. The number of fused-ring (bicyclic) bond motifs is 1. The van der Waals surface area contributed by atoms with Crippen molar-refractivity contribution in [2.45, 2.75) is 0 Å². The van der Waals surface area contributed by atoms with Gasteiger partial charge in [0.15, 0.2) is 0 Å². The zero-order valence-corrected chi connectivity index (χ0v) is 11.9. The highest BCUT2D eigenvalue weighted by atomic mass is 79.9. The second-order valence-electron chi connectivity index (χ2n) is 4.09. The van der Waals surface area contributed by atoms with Crippen LogP contribution in [-0.4, -0.2) is 11.8 Å². The summed E-state index contributed by atoms with van der Waals surface area (Å²) in [5.41, 5.74) is 1.36. The highest BCUT2D eigenvalue weighted by molar-refractivity contribution is 9.10. The molecule has 0 radical (unpaired) electrons. The minimum atomic E-state index is -0.310. The van der Waals surface area contributed by atoms with Crippen molar-refractivity contribution in [3.63, 3.8) is 0 Å². The molecule has 3 nitrogen and oxygen atoms in total. The molecule has 0 aromatic heterocycles. The Morgan fingerprint density at radius 3 is 2.05 bits per heavy atom. The smallest absolute Gasteiger partial charge is 0.266 e. The molecule has 1 aliphatic rings. The van der Waals surface area contributed by atoms with E-state index in [9.17, 15) is 9.59 Å². The number of carbonyl (C=O) groups excluding carboxylic acids is 2. The van der Waals surface area contributed by atoms with Crippen LogP contribution in [0, 0.1) is 0 Å². The molecule has 0 unspecified atom stereocenters. The van der Waals surface area contributed by atoms with Crippen LogP contribution in [-0.2, 0) is 0 Å². The van der Waals surface area contributed by atoms with Crippen LogP contribution in [0.3, 0.4) is 0 Å². The van der Waals surface area contributed by atoms with E-state index < -0.39 is 0 Å². The number of benzene rings is 2. The van der Waals surface area contributed by atoms with Crippen molar-refractivity contribution in [1.29, 1.82) is 0 Å². The predicted octanol–water partition coefficient (Wildman–Crippen LogP) is 3.90. The summed E-state index contributed by atoms with van der Waals surface area (Å²) in [5.74, 6) is -0.621. The third-order valence-electron chi connectivity index (χ3n) is 2.96. The van der Waals surface area contributed by atoms with Crippen molar-refractivity contribution in [2.75, 3.05) is 4.90 Å². The van der Waals surface area contributed by atoms with Gasteiger partial charge in [0, 0.05) is 4.47 Å². The van der Waals surface area contributed by atoms with Gasteiger partial charge < -0.3 is 0 Å². The van der Waals surface area contributed by atoms with Crippen molar-refractivity contribution in [3.8, 4) is 0 Å². The normalized spacial score (nSPS) is 13.9. The van der Waals surface area contributed by atoms with Gasteiger partial charge in [-0.2, -0.15) is 0 Å². The van der Waals surface area contributed by atoms with Gasteiger partial charge in [-0.25, -0.2) is 4.90 Å². The standard InChI is InChI=1S/C14H7BrClNO2/c15-11-7-8(5-6-12(11)16)17-13(18)9-3-1-2-4-10(9)14(17)19/h1-7H. The molecule has 94 valence electrons. The summed E-state index contributed by atoms with van der Waals surface area (Å²) in [4.78, 5) is 25.7. The Labute approximate surface area is 122 Å². The van der Waals surface area contributed by atoms with E-state index in [-0.39, 0.29) is 11.8 Å². The van der Waals surface area contributed by atoms with E-state index in [1.54, 1.807) is 42.5 Å². The lowest BCUT2D eigenvalue weighted by molar-refractivity contribution is 0.0926. The number of rotatable bonds is 1. The molecule has 1 aliphatic heterocycles. The molecule has 5 heteroatoms. The van der Waals surface area contributed by atoms with Gasteiger partial charge in [-0.05, 0) is 46.3 Å². The van der Waals surface area contributed by atoms with E-state index >= 15 is 0 Å². The number of anilines is 1. The number of nitrogens with zero attached hydrogens (tertiary/aromatic N) is 1. The van der Waals surface area contributed by atoms with Crippen LogP contribution in [0.15, 0.2) is 46.9 Å². The fraction of sp³-hybridized carbons (Fsp3) is 0. The summed E-state index contributed by atoms with van der Waals surface area (Å²) < 4.78 is 0.642. The van der Waals surface area contributed by atoms with Crippen LogP contribution in [0.5, 0.6) is 0 Å². The maximum atomic E-state index is 12.3. The highest BCUT2D eigenvalue weighted by Crippen LogP contribution is 2.32. The van der Waals surface area contributed by atoms with Gasteiger partial charge in [-0.1, -0.05) is 23.7 Å². The molecule has 0 saturated carbocycles. The second-order valence-corrected chi connectivity index (χ2v) is 5.35. The van der Waals surface area contributed by atoms with Gasteiger partial charge in [0.25, 0.3) is 11.8 Å². The minimum absolute atomic E-state index is 0.310. The molecule has 3 rings (SSSR count). The van der Waals surface area contributed by atoms with E-state index in [1.807, 2.05) is 0 Å². The summed E-state index contributed by atoms with van der Waals surface area (Å²) in [7, 11) is 0. The molecule has 2 amide bonds. The predicted molar refractivity (Wildman–Crippen MR) is 76.7 cm³/mol. The van der Waals surface area contributed by atoms with Crippen molar-refractivity contribution in [2.24, 2.45) is 0 Å². The van der Waals surface area contributed by atoms with Crippen molar-refractivity contribution in [1.82, 2.24) is 0 Å². The Bertz CT molecular complexity index is 679. The second kappa shape index (κ2) is 4.47. The fourth-order valence-corrected chi connectivity index (χ4v) is 2.53. The molecule has 0 N–H and O–H groups in total. The van der Waals surface area contributed by atoms with Crippen LogP contribution in [0.4, 0.5) is 5.69 Å². The van der Waals surface area contributed by atoms with E-state index in [4.69, 9.17) is 11.6 Å². The third-order valence-corrected chi connectivity index (χ3v) is 4.17. The van der Waals surface area contributed by atoms with Crippen LogP contribution in [0.2, 0.25) is 5.02 Å². The summed E-state index contributed by atoms with van der Waals surface area (Å²) >= 11 is 9.20. The Morgan fingerprint density at radius 1 is 0.947 bits per heavy atom. The number of hydrogen-bond donors (Lipinski definition) is 0. The third kappa shape index (κ3) is 1.88. The molecular formula is C14H7BrClNO2. The summed E-state index contributed by atoms with van der Waals surface area (Å²) in [5, 5.41) is 0.528. The number of carbonyl (C=O) groups is 2. The number of hydrogen-bond acceptors (Lipinski definition) is 2.